The zero-order chi connectivity index (χ0) is 41.2. The fraction of sp³-hybridized carbons (Fsp3) is 0.217. The second kappa shape index (κ2) is 23.7. The molecule has 0 saturated carbocycles. The van der Waals surface area contributed by atoms with Crippen molar-refractivity contribution in [2.24, 2.45) is 0 Å². The van der Waals surface area contributed by atoms with E-state index in [0.29, 0.717) is 13.1 Å². The van der Waals surface area contributed by atoms with E-state index in [1.54, 1.807) is 47.5 Å². The molecule has 6 heterocycles. The number of ether oxygens (including phenoxy) is 2. The summed E-state index contributed by atoms with van der Waals surface area (Å²) in [6, 6.07) is 31.6. The number of benzene rings is 2. The van der Waals surface area contributed by atoms with Gasteiger partial charge < -0.3 is 45.8 Å². The van der Waals surface area contributed by atoms with Gasteiger partial charge in [0.1, 0.15) is 48.6 Å². The molecule has 0 bridgehead atoms. The van der Waals surface area contributed by atoms with Gasteiger partial charge >= 0.3 is 0 Å². The van der Waals surface area contributed by atoms with Crippen LogP contribution in [0.15, 0.2) is 145 Å². The smallest absolute Gasteiger partial charge is 0.137 e. The van der Waals surface area contributed by atoms with Crippen LogP contribution >= 0.6 is 22.7 Å². The summed E-state index contributed by atoms with van der Waals surface area (Å²) >= 11 is 3.36. The Balaban J connectivity index is 0.000000201. The number of pyridine rings is 2. The van der Waals surface area contributed by atoms with Crippen LogP contribution in [0.2, 0.25) is 0 Å². The zero-order valence-electron chi connectivity index (χ0n) is 33.5. The second-order valence-corrected chi connectivity index (χ2v) is 15.7. The number of rotatable bonds is 20. The highest BCUT2D eigenvalue weighted by Crippen LogP contribution is 2.28. The molecule has 8 aromatic rings. The first-order valence-electron chi connectivity index (χ1n) is 19.8. The van der Waals surface area contributed by atoms with Crippen LogP contribution in [0, 0.1) is 0 Å². The molecule has 0 aliphatic rings. The minimum atomic E-state index is -0.569. The van der Waals surface area contributed by atoms with E-state index in [4.69, 9.17) is 9.47 Å². The summed E-state index contributed by atoms with van der Waals surface area (Å²) in [5, 5.41) is 30.8. The molecule has 0 saturated heterocycles. The lowest BCUT2D eigenvalue weighted by Gasteiger charge is -2.13. The van der Waals surface area contributed by atoms with Crippen LogP contribution < -0.4 is 20.1 Å². The largest absolute Gasteiger partial charge is 0.491 e. The molecule has 8 N–H and O–H groups in total. The number of thiophene rings is 2. The third-order valence-electron chi connectivity index (χ3n) is 9.30. The van der Waals surface area contributed by atoms with Crippen LogP contribution in [-0.4, -0.2) is 97.2 Å². The summed E-state index contributed by atoms with van der Waals surface area (Å²) in [5.74, 6) is 3.09. The van der Waals surface area contributed by atoms with Gasteiger partial charge in [-0.25, -0.2) is 9.97 Å². The number of aromatic nitrogens is 6. The van der Waals surface area contributed by atoms with Crippen LogP contribution in [0.1, 0.15) is 11.1 Å². The quantitative estimate of drug-likeness (QED) is 0.0448. The average molecular weight is 859 g/mol. The molecule has 13 nitrogen and oxygen atoms in total. The van der Waals surface area contributed by atoms with Crippen LogP contribution in [0.5, 0.6) is 11.5 Å². The Labute approximate surface area is 362 Å². The average Bonchev–Trinajstić information content (AvgIpc) is 4.15. The molecule has 0 spiro atoms. The predicted molar refractivity (Wildman–Crippen MR) is 243 cm³/mol. The monoisotopic (exact) mass is 858 g/mol. The zero-order valence-corrected chi connectivity index (χ0v) is 35.1. The molecule has 0 radical (unpaired) electrons. The number of aliphatic hydroxyl groups is 2. The number of hydrogen-bond acceptors (Lipinski definition) is 12. The lowest BCUT2D eigenvalue weighted by Crippen LogP contribution is -2.32. The molecule has 316 valence electrons. The van der Waals surface area contributed by atoms with Crippen molar-refractivity contribution in [2.75, 3.05) is 39.4 Å². The Hall–Kier alpha value is -6.04. The van der Waals surface area contributed by atoms with Crippen molar-refractivity contribution >= 4 is 22.7 Å². The second-order valence-electron chi connectivity index (χ2n) is 13.8. The van der Waals surface area contributed by atoms with E-state index >= 15 is 0 Å². The molecule has 2 aromatic carbocycles. The fourth-order valence-electron chi connectivity index (χ4n) is 6.07. The third kappa shape index (κ3) is 14.0. The SMILES string of the molecule is O.OC(CNCCc1ccncc1)COc1ccc(-c2ncc(-c3cccs3)[nH]2)cc1.OC(CNCCc1ccncc1)COc1ccc(-c2ncc(-c3cccs3)[nH]2)cc1. The van der Waals surface area contributed by atoms with Gasteiger partial charge in [0.25, 0.3) is 0 Å². The summed E-state index contributed by atoms with van der Waals surface area (Å²) in [4.78, 5) is 26.0. The summed E-state index contributed by atoms with van der Waals surface area (Å²) in [6.45, 7) is 3.05. The van der Waals surface area contributed by atoms with Crippen LogP contribution in [0.25, 0.3) is 43.9 Å². The molecule has 0 amide bonds. The molecule has 2 unspecified atom stereocenters. The van der Waals surface area contributed by atoms with Crippen LogP contribution in [0.3, 0.4) is 0 Å². The van der Waals surface area contributed by atoms with Crippen molar-refractivity contribution in [3.05, 3.63) is 156 Å². The minimum absolute atomic E-state index is 0. The number of H-pyrrole nitrogens is 2. The van der Waals surface area contributed by atoms with Crippen molar-refractivity contribution in [2.45, 2.75) is 25.0 Å². The number of imidazole rings is 2. The Morgan fingerprint density at radius 1 is 0.557 bits per heavy atom. The van der Waals surface area contributed by atoms with E-state index in [9.17, 15) is 10.2 Å². The van der Waals surface area contributed by atoms with E-state index in [1.807, 2.05) is 108 Å². The summed E-state index contributed by atoms with van der Waals surface area (Å²) in [6.07, 6.45) is 11.5. The van der Waals surface area contributed by atoms with Gasteiger partial charge in [-0.2, -0.15) is 0 Å². The van der Waals surface area contributed by atoms with Crippen LogP contribution in [0.4, 0.5) is 0 Å². The van der Waals surface area contributed by atoms with Gasteiger partial charge in [0.05, 0.1) is 33.5 Å². The van der Waals surface area contributed by atoms with Gasteiger partial charge in [-0.05, 0) is 133 Å². The maximum absolute atomic E-state index is 10.1. The standard InChI is InChI=1S/2C23H24N4O2S.H2O/c2*28-19(14-25-12-9-17-7-10-24-11-8-17)16-29-20-5-3-18(4-6-20)23-26-15-21(27-23)22-2-1-13-30-22;/h2*1-8,10-11,13,15,19,25,28H,9,12,14,16H2,(H,26,27);1H2. The van der Waals surface area contributed by atoms with E-state index in [0.717, 1.165) is 81.3 Å². The Morgan fingerprint density at radius 3 is 1.34 bits per heavy atom. The van der Waals surface area contributed by atoms with Gasteiger partial charge in [0.15, 0.2) is 0 Å². The summed E-state index contributed by atoms with van der Waals surface area (Å²) < 4.78 is 11.4. The third-order valence-corrected chi connectivity index (χ3v) is 11.1. The molecular formula is C46H50N8O5S2. The molecule has 6 aromatic heterocycles. The maximum Gasteiger partial charge on any atom is 0.137 e. The van der Waals surface area contributed by atoms with Gasteiger partial charge in [0, 0.05) is 49.0 Å². The molecular weight excluding hydrogens is 809 g/mol. The molecule has 15 heteroatoms. The minimum Gasteiger partial charge on any atom is -0.491 e. The number of nitrogens with zero attached hydrogens (tertiary/aromatic N) is 4. The van der Waals surface area contributed by atoms with Crippen molar-refractivity contribution in [3.63, 3.8) is 0 Å². The Morgan fingerprint density at radius 2 is 0.967 bits per heavy atom. The van der Waals surface area contributed by atoms with E-state index in [2.05, 4.69) is 52.7 Å². The van der Waals surface area contributed by atoms with Crippen molar-refractivity contribution < 1.29 is 25.2 Å². The highest BCUT2D eigenvalue weighted by Gasteiger charge is 2.10. The fourth-order valence-corrected chi connectivity index (χ4v) is 7.46. The number of nitrogens with one attached hydrogen (secondary N) is 4. The number of aliphatic hydroxyl groups excluding tert-OH is 2. The van der Waals surface area contributed by atoms with Gasteiger partial charge in [0.2, 0.25) is 0 Å². The Bertz CT molecular complexity index is 2210. The lowest BCUT2D eigenvalue weighted by atomic mass is 10.2. The first kappa shape index (κ1) is 44.5. The number of hydrogen-bond donors (Lipinski definition) is 6. The van der Waals surface area contributed by atoms with Crippen LogP contribution in [-0.2, 0) is 12.8 Å². The summed E-state index contributed by atoms with van der Waals surface area (Å²) in [7, 11) is 0. The topological polar surface area (TPSA) is 198 Å². The van der Waals surface area contributed by atoms with Crippen molar-refractivity contribution in [1.82, 2.24) is 40.5 Å². The first-order valence-corrected chi connectivity index (χ1v) is 21.5. The van der Waals surface area contributed by atoms with Gasteiger partial charge in [-0.1, -0.05) is 12.1 Å². The van der Waals surface area contributed by atoms with Gasteiger partial charge in [-0.3, -0.25) is 9.97 Å². The molecule has 2 atom stereocenters. The molecule has 0 aliphatic heterocycles. The highest BCUT2D eigenvalue weighted by molar-refractivity contribution is 7.13. The first-order chi connectivity index (χ1) is 29.6. The molecule has 8 rings (SSSR count). The summed E-state index contributed by atoms with van der Waals surface area (Å²) in [5.41, 5.74) is 6.46. The Kier molecular flexibility index (Phi) is 17.3. The van der Waals surface area contributed by atoms with Crippen molar-refractivity contribution in [1.29, 1.82) is 0 Å². The normalized spacial score (nSPS) is 11.8. The highest BCUT2D eigenvalue weighted by atomic mass is 32.1. The van der Waals surface area contributed by atoms with E-state index in [-0.39, 0.29) is 18.7 Å². The number of aromatic amines is 2. The van der Waals surface area contributed by atoms with E-state index < -0.39 is 12.2 Å². The lowest BCUT2D eigenvalue weighted by molar-refractivity contribution is 0.106. The van der Waals surface area contributed by atoms with Crippen molar-refractivity contribution in [3.8, 4) is 55.4 Å². The molecule has 0 aliphatic carbocycles. The maximum atomic E-state index is 10.1. The predicted octanol–water partition coefficient (Wildman–Crippen LogP) is 6.72. The molecule has 61 heavy (non-hydrogen) atoms. The van der Waals surface area contributed by atoms with Gasteiger partial charge in [-0.15, -0.1) is 22.7 Å². The van der Waals surface area contributed by atoms with E-state index in [1.165, 1.54) is 11.1 Å². The molecule has 0 fully saturated rings.